The molecule has 4 aromatic rings. The van der Waals surface area contributed by atoms with Gasteiger partial charge in [-0.3, -0.25) is 19.2 Å². The van der Waals surface area contributed by atoms with Crippen LogP contribution in [0.2, 0.25) is 10.0 Å². The minimum Gasteiger partial charge on any atom is -0.387 e. The lowest BCUT2D eigenvalue weighted by atomic mass is 9.90. The van der Waals surface area contributed by atoms with Gasteiger partial charge in [-0.1, -0.05) is 41.4 Å². The highest BCUT2D eigenvalue weighted by molar-refractivity contribution is 7.90. The summed E-state index contributed by atoms with van der Waals surface area (Å²) < 4.78 is 49.9. The number of halogens is 3. The van der Waals surface area contributed by atoms with Crippen molar-refractivity contribution in [1.82, 2.24) is 14.7 Å². The van der Waals surface area contributed by atoms with Crippen molar-refractivity contribution in [3.05, 3.63) is 116 Å². The van der Waals surface area contributed by atoms with Crippen LogP contribution in [0, 0.1) is 5.82 Å². The number of aromatic nitrogens is 2. The molecule has 6 rings (SSSR count). The molecule has 1 aliphatic carbocycles. The van der Waals surface area contributed by atoms with Crippen molar-refractivity contribution in [3.63, 3.8) is 0 Å². The van der Waals surface area contributed by atoms with Gasteiger partial charge in [0.25, 0.3) is 5.91 Å². The smallest absolute Gasteiger partial charge is 0.257 e. The molecule has 1 atom stereocenters. The Kier molecular flexibility index (Phi) is 7.45. The van der Waals surface area contributed by atoms with E-state index in [4.69, 9.17) is 27.9 Å². The molecule has 2 heterocycles. The fourth-order valence-corrected chi connectivity index (χ4v) is 6.79. The lowest BCUT2D eigenvalue weighted by molar-refractivity contribution is -0.139. The maximum Gasteiger partial charge on any atom is 0.257 e. The number of carbonyl (C=O) groups excluding carboxylic acids is 2. The van der Waals surface area contributed by atoms with Crippen molar-refractivity contribution < 1.29 is 32.2 Å². The second kappa shape index (κ2) is 10.8. The highest BCUT2D eigenvalue weighted by Crippen LogP contribution is 2.50. The summed E-state index contributed by atoms with van der Waals surface area (Å²) in [5, 5.41) is 15.3. The van der Waals surface area contributed by atoms with Crippen molar-refractivity contribution >= 4 is 44.7 Å². The minimum atomic E-state index is -3.82. The largest absolute Gasteiger partial charge is 0.387 e. The van der Waals surface area contributed by atoms with Gasteiger partial charge in [0.1, 0.15) is 5.82 Å². The molecule has 1 fully saturated rings. The summed E-state index contributed by atoms with van der Waals surface area (Å²) in [6.45, 7) is -0.604. The quantitative estimate of drug-likeness (QED) is 0.254. The van der Waals surface area contributed by atoms with E-state index in [0.29, 0.717) is 23.4 Å². The summed E-state index contributed by atoms with van der Waals surface area (Å²) in [6, 6.07) is 12.8. The van der Waals surface area contributed by atoms with Crippen LogP contribution in [0.15, 0.2) is 71.9 Å². The third-order valence-corrected chi connectivity index (χ3v) is 9.55. The van der Waals surface area contributed by atoms with Gasteiger partial charge in [-0.15, -0.1) is 0 Å². The number of rotatable bonds is 9. The Balaban J connectivity index is 1.58. The first-order valence-electron chi connectivity index (χ1n) is 13.5. The number of ketones is 1. The standard InChI is InChI=1S/C31H26Cl2FN3O6S/c1-36-15-20(14-35-36)28(38)19-11-24-27(25(34)12-19)31(43-17-30(40)9-10-30,21-4-7-22(32)8-5-21)37(29(24)39)16-18-3-6-23(33)13-26(18)44(2,41)42/h3-8,11-15,40H,9-10,16-17H2,1-2H3/t31-/m1/s1. The zero-order valence-corrected chi connectivity index (χ0v) is 25.9. The average Bonchev–Trinajstić information content (AvgIpc) is 3.46. The molecule has 1 aromatic heterocycles. The molecule has 1 N–H and O–H groups in total. The predicted octanol–water partition coefficient (Wildman–Crippen LogP) is 4.90. The van der Waals surface area contributed by atoms with Gasteiger partial charge in [0, 0.05) is 40.7 Å². The highest BCUT2D eigenvalue weighted by Gasteiger charge is 2.56. The van der Waals surface area contributed by atoms with E-state index in [9.17, 15) is 23.1 Å². The molecule has 13 heteroatoms. The lowest BCUT2D eigenvalue weighted by Gasteiger charge is -2.40. The number of benzene rings is 3. The van der Waals surface area contributed by atoms with Gasteiger partial charge in [-0.2, -0.15) is 5.10 Å². The molecule has 1 aliphatic heterocycles. The highest BCUT2D eigenvalue weighted by atomic mass is 35.5. The van der Waals surface area contributed by atoms with Crippen molar-refractivity contribution in [2.45, 2.75) is 35.6 Å². The number of aliphatic hydroxyl groups is 1. The molecular weight excluding hydrogens is 632 g/mol. The number of carbonyl (C=O) groups is 2. The Morgan fingerprint density at radius 2 is 1.75 bits per heavy atom. The molecular formula is C31H26Cl2FN3O6S. The molecule has 0 spiro atoms. The summed E-state index contributed by atoms with van der Waals surface area (Å²) >= 11 is 12.3. The molecule has 1 amide bonds. The number of sulfone groups is 1. The zero-order valence-electron chi connectivity index (χ0n) is 23.6. The van der Waals surface area contributed by atoms with E-state index in [1.54, 1.807) is 31.3 Å². The minimum absolute atomic E-state index is 0.0846. The number of amides is 1. The summed E-state index contributed by atoms with van der Waals surface area (Å²) in [5.74, 6) is -2.16. The van der Waals surface area contributed by atoms with Crippen LogP contribution in [-0.2, 0) is 33.9 Å². The van der Waals surface area contributed by atoms with Crippen molar-refractivity contribution in [2.75, 3.05) is 12.9 Å². The molecule has 228 valence electrons. The predicted molar refractivity (Wildman–Crippen MR) is 160 cm³/mol. The maximum atomic E-state index is 16.5. The maximum absolute atomic E-state index is 16.5. The molecule has 0 bridgehead atoms. The Labute approximate surface area is 262 Å². The number of hydrogen-bond acceptors (Lipinski definition) is 7. The van der Waals surface area contributed by atoms with Crippen molar-refractivity contribution in [1.29, 1.82) is 0 Å². The van der Waals surface area contributed by atoms with E-state index in [1.165, 1.54) is 46.2 Å². The van der Waals surface area contributed by atoms with Crippen LogP contribution in [-0.4, -0.2) is 58.4 Å². The number of aryl methyl sites for hydroxylation is 1. The van der Waals surface area contributed by atoms with Crippen molar-refractivity contribution in [3.8, 4) is 0 Å². The van der Waals surface area contributed by atoms with Crippen LogP contribution in [0.4, 0.5) is 4.39 Å². The molecule has 0 saturated heterocycles. The van der Waals surface area contributed by atoms with Crippen molar-refractivity contribution in [2.24, 2.45) is 7.05 Å². The SMILES string of the molecule is Cn1cc(C(=O)c2cc(F)c3c(c2)C(=O)N(Cc2ccc(Cl)cc2S(C)(=O)=O)[C@@]3(OCC2(O)CC2)c2ccc(Cl)cc2)cn1. The molecule has 2 aliphatic rings. The van der Waals surface area contributed by atoms with Crippen LogP contribution in [0.1, 0.15) is 55.8 Å². The monoisotopic (exact) mass is 657 g/mol. The first-order chi connectivity index (χ1) is 20.7. The number of hydrogen-bond donors (Lipinski definition) is 1. The van der Waals surface area contributed by atoms with E-state index in [0.717, 1.165) is 12.3 Å². The van der Waals surface area contributed by atoms with Gasteiger partial charge in [-0.25, -0.2) is 12.8 Å². The summed E-state index contributed by atoms with van der Waals surface area (Å²) in [4.78, 5) is 28.8. The first-order valence-corrected chi connectivity index (χ1v) is 16.2. The molecule has 0 unspecified atom stereocenters. The van der Waals surface area contributed by atoms with Gasteiger partial charge in [0.15, 0.2) is 21.3 Å². The third-order valence-electron chi connectivity index (χ3n) is 7.88. The van der Waals surface area contributed by atoms with Gasteiger partial charge in [0.2, 0.25) is 0 Å². The zero-order chi connectivity index (χ0) is 31.6. The van der Waals surface area contributed by atoms with Crippen LogP contribution in [0.25, 0.3) is 0 Å². The van der Waals surface area contributed by atoms with E-state index in [1.807, 2.05) is 0 Å². The first kappa shape index (κ1) is 30.4. The van der Waals surface area contributed by atoms with Gasteiger partial charge in [0.05, 0.1) is 46.5 Å². The Morgan fingerprint density at radius 3 is 2.36 bits per heavy atom. The average molecular weight is 659 g/mol. The van der Waals surface area contributed by atoms with Gasteiger partial charge >= 0.3 is 0 Å². The second-order valence-corrected chi connectivity index (χ2v) is 14.0. The van der Waals surface area contributed by atoms with Crippen LogP contribution >= 0.6 is 23.2 Å². The Hall–Kier alpha value is -3.61. The Bertz CT molecular complexity index is 1940. The van der Waals surface area contributed by atoms with Crippen LogP contribution < -0.4 is 0 Å². The molecule has 3 aromatic carbocycles. The molecule has 1 saturated carbocycles. The van der Waals surface area contributed by atoms with E-state index in [2.05, 4.69) is 5.10 Å². The van der Waals surface area contributed by atoms with Gasteiger partial charge in [-0.05, 0) is 54.8 Å². The normalized spacial score (nSPS) is 18.9. The van der Waals surface area contributed by atoms with Gasteiger partial charge < -0.3 is 9.84 Å². The molecule has 0 radical (unpaired) electrons. The van der Waals surface area contributed by atoms with Crippen LogP contribution in [0.3, 0.4) is 0 Å². The van der Waals surface area contributed by atoms with E-state index < -0.39 is 38.7 Å². The lowest BCUT2D eigenvalue weighted by Crippen LogP contribution is -2.48. The second-order valence-electron chi connectivity index (χ2n) is 11.2. The fourth-order valence-electron chi connectivity index (χ4n) is 5.47. The summed E-state index contributed by atoms with van der Waals surface area (Å²) in [7, 11) is -2.18. The Morgan fingerprint density at radius 1 is 1.07 bits per heavy atom. The number of ether oxygens (including phenoxy) is 1. The summed E-state index contributed by atoms with van der Waals surface area (Å²) in [5.41, 5.74) is -2.85. The topological polar surface area (TPSA) is 119 Å². The third kappa shape index (κ3) is 5.33. The summed E-state index contributed by atoms with van der Waals surface area (Å²) in [6.07, 6.45) is 4.73. The number of nitrogens with zero attached hydrogens (tertiary/aromatic N) is 3. The van der Waals surface area contributed by atoms with E-state index >= 15 is 4.39 Å². The molecule has 9 nitrogen and oxygen atoms in total. The molecule has 44 heavy (non-hydrogen) atoms. The number of fused-ring (bicyclic) bond motifs is 1. The fraction of sp³-hybridized carbons (Fsp3) is 0.258. The van der Waals surface area contributed by atoms with E-state index in [-0.39, 0.29) is 50.9 Å². The van der Waals surface area contributed by atoms with Crippen LogP contribution in [0.5, 0.6) is 0 Å².